The molecule has 2 N–H and O–H groups in total. The van der Waals surface area contributed by atoms with E-state index in [0.717, 1.165) is 0 Å². The maximum atomic E-state index is 11.2. The summed E-state index contributed by atoms with van der Waals surface area (Å²) in [5.41, 5.74) is -0.985. The van der Waals surface area contributed by atoms with Crippen LogP contribution in [0.4, 0.5) is 5.82 Å². The monoisotopic (exact) mass is 225 g/mol. The van der Waals surface area contributed by atoms with Crippen LogP contribution in [0.15, 0.2) is 10.9 Å². The van der Waals surface area contributed by atoms with Gasteiger partial charge in [0.25, 0.3) is 5.56 Å². The molecule has 0 spiro atoms. The average molecular weight is 225 g/mol. The Morgan fingerprint density at radius 3 is 2.81 bits per heavy atom. The number of ether oxygens (including phenoxy) is 1. The summed E-state index contributed by atoms with van der Waals surface area (Å²) in [6.45, 7) is 2.42. The van der Waals surface area contributed by atoms with Crippen LogP contribution in [0.1, 0.15) is 10.4 Å². The average Bonchev–Trinajstić information content (AvgIpc) is 2.30. The summed E-state index contributed by atoms with van der Waals surface area (Å²) in [5, 5.41) is 14.8. The van der Waals surface area contributed by atoms with E-state index >= 15 is 0 Å². The Balaban J connectivity index is 2.31. The number of aromatic carboxylic acids is 1. The van der Waals surface area contributed by atoms with Crippen LogP contribution in [-0.2, 0) is 4.74 Å². The first kappa shape index (κ1) is 10.6. The van der Waals surface area contributed by atoms with Gasteiger partial charge in [0.05, 0.1) is 13.2 Å². The Hall–Kier alpha value is -1.89. The van der Waals surface area contributed by atoms with Crippen LogP contribution in [0.2, 0.25) is 0 Å². The van der Waals surface area contributed by atoms with Crippen molar-refractivity contribution < 1.29 is 14.6 Å². The van der Waals surface area contributed by atoms with E-state index in [2.05, 4.69) is 10.2 Å². The molecule has 0 unspecified atom stereocenters. The van der Waals surface area contributed by atoms with E-state index in [4.69, 9.17) is 9.84 Å². The van der Waals surface area contributed by atoms with Gasteiger partial charge in [-0.3, -0.25) is 4.79 Å². The van der Waals surface area contributed by atoms with Crippen molar-refractivity contribution in [3.05, 3.63) is 22.0 Å². The molecule has 0 amide bonds. The second-order valence-corrected chi connectivity index (χ2v) is 3.37. The number of hydrogen-bond donors (Lipinski definition) is 2. The summed E-state index contributed by atoms with van der Waals surface area (Å²) in [4.78, 5) is 23.8. The zero-order valence-corrected chi connectivity index (χ0v) is 8.47. The summed E-state index contributed by atoms with van der Waals surface area (Å²) in [6.07, 6.45) is 0. The lowest BCUT2D eigenvalue weighted by atomic mass is 10.3. The molecular formula is C9H11N3O4. The minimum absolute atomic E-state index is 0.295. The minimum atomic E-state index is -1.25. The molecule has 1 aliphatic rings. The molecule has 2 rings (SSSR count). The molecule has 1 aromatic heterocycles. The van der Waals surface area contributed by atoms with Gasteiger partial charge in [-0.25, -0.2) is 9.89 Å². The van der Waals surface area contributed by atoms with E-state index < -0.39 is 11.5 Å². The van der Waals surface area contributed by atoms with Crippen molar-refractivity contribution in [3.63, 3.8) is 0 Å². The Morgan fingerprint density at radius 2 is 2.19 bits per heavy atom. The fourth-order valence-electron chi connectivity index (χ4n) is 1.51. The second kappa shape index (κ2) is 4.31. The van der Waals surface area contributed by atoms with Crippen molar-refractivity contribution in [2.75, 3.05) is 31.2 Å². The van der Waals surface area contributed by atoms with Crippen LogP contribution >= 0.6 is 0 Å². The first-order chi connectivity index (χ1) is 7.68. The SMILES string of the molecule is O=C(O)c1cc(N2CCOCC2)n[nH]c1=O. The van der Waals surface area contributed by atoms with Crippen molar-refractivity contribution >= 4 is 11.8 Å². The minimum Gasteiger partial charge on any atom is -0.477 e. The summed E-state index contributed by atoms with van der Waals surface area (Å²) in [5.74, 6) is -0.793. The summed E-state index contributed by atoms with van der Waals surface area (Å²) in [6, 6.07) is 1.28. The number of rotatable bonds is 2. The molecule has 7 heteroatoms. The van der Waals surface area contributed by atoms with Crippen molar-refractivity contribution in [2.45, 2.75) is 0 Å². The number of anilines is 1. The Kier molecular flexibility index (Phi) is 2.86. The number of aromatic nitrogens is 2. The van der Waals surface area contributed by atoms with Gasteiger partial charge in [0.1, 0.15) is 11.4 Å². The highest BCUT2D eigenvalue weighted by atomic mass is 16.5. The van der Waals surface area contributed by atoms with Gasteiger partial charge in [-0.2, -0.15) is 5.10 Å². The summed E-state index contributed by atoms with van der Waals surface area (Å²) >= 11 is 0. The predicted octanol–water partition coefficient (Wildman–Crippen LogP) is -0.695. The van der Waals surface area contributed by atoms with E-state index in [1.165, 1.54) is 6.07 Å². The van der Waals surface area contributed by atoms with Gasteiger partial charge in [-0.15, -0.1) is 0 Å². The van der Waals surface area contributed by atoms with Gasteiger partial charge in [0.2, 0.25) is 0 Å². The number of carbonyl (C=O) groups is 1. The number of nitrogens with one attached hydrogen (secondary N) is 1. The normalized spacial score (nSPS) is 16.1. The fourth-order valence-corrected chi connectivity index (χ4v) is 1.51. The molecule has 1 saturated heterocycles. The topological polar surface area (TPSA) is 95.5 Å². The molecule has 0 aromatic carbocycles. The molecule has 1 aromatic rings. The smallest absolute Gasteiger partial charge is 0.341 e. The van der Waals surface area contributed by atoms with Gasteiger partial charge >= 0.3 is 5.97 Å². The molecular weight excluding hydrogens is 214 g/mol. The standard InChI is InChI=1S/C9H11N3O4/c13-8-6(9(14)15)5-7(10-11-8)12-1-3-16-4-2-12/h5H,1-4H2,(H,11,13)(H,14,15). The predicted molar refractivity (Wildman–Crippen MR) is 54.8 cm³/mol. The van der Waals surface area contributed by atoms with Gasteiger partial charge in [0, 0.05) is 19.2 Å². The van der Waals surface area contributed by atoms with Gasteiger partial charge in [-0.05, 0) is 0 Å². The van der Waals surface area contributed by atoms with Crippen LogP contribution in [0.3, 0.4) is 0 Å². The summed E-state index contributed by atoms with van der Waals surface area (Å²) < 4.78 is 5.16. The highest BCUT2D eigenvalue weighted by Gasteiger charge is 2.16. The molecule has 16 heavy (non-hydrogen) atoms. The number of carboxylic acids is 1. The van der Waals surface area contributed by atoms with Crippen molar-refractivity contribution in [1.29, 1.82) is 0 Å². The summed E-state index contributed by atoms with van der Waals surface area (Å²) in [7, 11) is 0. The van der Waals surface area contributed by atoms with Crippen molar-refractivity contribution in [3.8, 4) is 0 Å². The molecule has 0 bridgehead atoms. The fraction of sp³-hybridized carbons (Fsp3) is 0.444. The molecule has 2 heterocycles. The number of H-pyrrole nitrogens is 1. The van der Waals surface area contributed by atoms with Crippen LogP contribution in [0, 0.1) is 0 Å². The van der Waals surface area contributed by atoms with E-state index in [-0.39, 0.29) is 5.56 Å². The Bertz CT molecular complexity index is 450. The molecule has 1 fully saturated rings. The molecule has 0 aliphatic carbocycles. The van der Waals surface area contributed by atoms with Gasteiger partial charge in [0.15, 0.2) is 0 Å². The van der Waals surface area contributed by atoms with Crippen LogP contribution in [0.25, 0.3) is 0 Å². The number of carboxylic acid groups (broad SMARTS) is 1. The molecule has 0 saturated carbocycles. The van der Waals surface area contributed by atoms with E-state index in [1.807, 2.05) is 4.90 Å². The highest BCUT2D eigenvalue weighted by molar-refractivity contribution is 5.87. The van der Waals surface area contributed by atoms with Crippen LogP contribution in [-0.4, -0.2) is 47.6 Å². The zero-order valence-electron chi connectivity index (χ0n) is 8.47. The molecule has 7 nitrogen and oxygen atoms in total. The van der Waals surface area contributed by atoms with Crippen molar-refractivity contribution in [2.24, 2.45) is 0 Å². The lowest BCUT2D eigenvalue weighted by Gasteiger charge is -2.27. The zero-order chi connectivity index (χ0) is 11.5. The first-order valence-corrected chi connectivity index (χ1v) is 4.84. The van der Waals surface area contributed by atoms with Crippen LogP contribution in [0.5, 0.6) is 0 Å². The van der Waals surface area contributed by atoms with E-state index in [9.17, 15) is 9.59 Å². The molecule has 0 radical (unpaired) electrons. The molecule has 0 atom stereocenters. The third kappa shape index (κ3) is 2.03. The first-order valence-electron chi connectivity index (χ1n) is 4.84. The third-order valence-electron chi connectivity index (χ3n) is 2.36. The Morgan fingerprint density at radius 1 is 1.50 bits per heavy atom. The van der Waals surface area contributed by atoms with Gasteiger partial charge in [-0.1, -0.05) is 0 Å². The second-order valence-electron chi connectivity index (χ2n) is 3.37. The lowest BCUT2D eigenvalue weighted by Crippen LogP contribution is -2.37. The van der Waals surface area contributed by atoms with Crippen molar-refractivity contribution in [1.82, 2.24) is 10.2 Å². The molecule has 86 valence electrons. The lowest BCUT2D eigenvalue weighted by molar-refractivity contribution is 0.0694. The highest BCUT2D eigenvalue weighted by Crippen LogP contribution is 2.11. The Labute approximate surface area is 90.6 Å². The number of hydrogen-bond acceptors (Lipinski definition) is 5. The number of nitrogens with zero attached hydrogens (tertiary/aromatic N) is 2. The third-order valence-corrected chi connectivity index (χ3v) is 2.36. The quantitative estimate of drug-likeness (QED) is 0.691. The van der Waals surface area contributed by atoms with E-state index in [0.29, 0.717) is 32.1 Å². The largest absolute Gasteiger partial charge is 0.477 e. The molecule has 1 aliphatic heterocycles. The maximum Gasteiger partial charge on any atom is 0.341 e. The van der Waals surface area contributed by atoms with Crippen LogP contribution < -0.4 is 10.5 Å². The maximum absolute atomic E-state index is 11.2. The van der Waals surface area contributed by atoms with E-state index in [1.54, 1.807) is 0 Å². The number of aromatic amines is 1. The van der Waals surface area contributed by atoms with Gasteiger partial charge < -0.3 is 14.7 Å². The number of morpholine rings is 1.